The fraction of sp³-hybridized carbons (Fsp3) is 0.667. The third kappa shape index (κ3) is 3.34. The average Bonchev–Trinajstić information content (AvgIpc) is 2.41. The number of halogens is 1. The van der Waals surface area contributed by atoms with Crippen molar-refractivity contribution in [2.45, 2.75) is 44.3 Å². The van der Waals surface area contributed by atoms with E-state index in [0.29, 0.717) is 10.2 Å². The second kappa shape index (κ2) is 6.49. The van der Waals surface area contributed by atoms with Gasteiger partial charge in [-0.15, -0.1) is 0 Å². The van der Waals surface area contributed by atoms with Crippen LogP contribution in [0.5, 0.6) is 0 Å². The third-order valence-electron chi connectivity index (χ3n) is 3.46. The zero-order valence-electron chi connectivity index (χ0n) is 10.7. The van der Waals surface area contributed by atoms with E-state index in [2.05, 4.69) is 26.3 Å². The summed E-state index contributed by atoms with van der Waals surface area (Å²) in [4.78, 5) is 12.0. The van der Waals surface area contributed by atoms with Gasteiger partial charge in [0.2, 0.25) is 0 Å². The van der Waals surface area contributed by atoms with E-state index in [4.69, 9.17) is 10.8 Å². The minimum Gasteiger partial charge on any atom is -0.394 e. The maximum absolute atomic E-state index is 12.0. The molecule has 106 valence electrons. The van der Waals surface area contributed by atoms with E-state index in [9.17, 15) is 4.79 Å². The molecule has 2 atom stereocenters. The molecule has 19 heavy (non-hydrogen) atoms. The summed E-state index contributed by atoms with van der Waals surface area (Å²) in [5.74, 6) is 0. The predicted octanol–water partition coefficient (Wildman–Crippen LogP) is 0.680. The largest absolute Gasteiger partial charge is 0.394 e. The van der Waals surface area contributed by atoms with Crippen molar-refractivity contribution in [3.63, 3.8) is 0 Å². The molecule has 1 aromatic heterocycles. The highest BCUT2D eigenvalue weighted by Crippen LogP contribution is 2.23. The first-order valence-corrected chi connectivity index (χ1v) is 7.31. The smallest absolute Gasteiger partial charge is 0.283 e. The Labute approximate surface area is 120 Å². The van der Waals surface area contributed by atoms with Gasteiger partial charge in [-0.05, 0) is 28.8 Å². The Morgan fingerprint density at radius 3 is 2.95 bits per heavy atom. The monoisotopic (exact) mass is 330 g/mol. The first kappa shape index (κ1) is 14.5. The van der Waals surface area contributed by atoms with E-state index in [-0.39, 0.29) is 30.8 Å². The number of nitrogens with zero attached hydrogens (tertiary/aromatic N) is 2. The molecule has 0 radical (unpaired) electrons. The first-order chi connectivity index (χ1) is 9.13. The number of hydrogen-bond acceptors (Lipinski definition) is 5. The minimum atomic E-state index is -0.247. The number of aliphatic hydroxyl groups is 1. The van der Waals surface area contributed by atoms with Crippen LogP contribution in [0.1, 0.15) is 25.7 Å². The maximum Gasteiger partial charge on any atom is 0.283 e. The Balaban J connectivity index is 2.16. The topological polar surface area (TPSA) is 93.2 Å². The Morgan fingerprint density at radius 2 is 2.26 bits per heavy atom. The summed E-state index contributed by atoms with van der Waals surface area (Å²) in [7, 11) is 0. The van der Waals surface area contributed by atoms with Crippen molar-refractivity contribution in [3.8, 4) is 0 Å². The zero-order valence-corrected chi connectivity index (χ0v) is 12.3. The zero-order chi connectivity index (χ0) is 13.8. The number of nitrogens with two attached hydrogens (primary N) is 1. The van der Waals surface area contributed by atoms with Crippen LogP contribution >= 0.6 is 15.9 Å². The molecule has 7 heteroatoms. The van der Waals surface area contributed by atoms with Crippen LogP contribution in [0.4, 0.5) is 5.69 Å². The van der Waals surface area contributed by atoms with Crippen LogP contribution in [0.15, 0.2) is 15.5 Å². The van der Waals surface area contributed by atoms with E-state index in [1.54, 1.807) is 6.20 Å². The first-order valence-electron chi connectivity index (χ1n) is 6.52. The van der Waals surface area contributed by atoms with Crippen molar-refractivity contribution in [2.75, 3.05) is 11.9 Å². The lowest BCUT2D eigenvalue weighted by molar-refractivity contribution is 0.266. The molecule has 0 aromatic carbocycles. The van der Waals surface area contributed by atoms with Gasteiger partial charge in [-0.3, -0.25) is 4.79 Å². The fourth-order valence-electron chi connectivity index (χ4n) is 2.36. The highest BCUT2D eigenvalue weighted by Gasteiger charge is 2.22. The van der Waals surface area contributed by atoms with Crippen LogP contribution in [0.2, 0.25) is 0 Å². The number of hydrogen-bond donors (Lipinski definition) is 3. The molecule has 0 saturated heterocycles. The van der Waals surface area contributed by atoms with Crippen molar-refractivity contribution >= 4 is 21.6 Å². The summed E-state index contributed by atoms with van der Waals surface area (Å²) in [6.07, 6.45) is 5.93. The molecular formula is C12H19BrN4O2. The summed E-state index contributed by atoms with van der Waals surface area (Å²) in [6.45, 7) is 0.0836. The molecule has 1 heterocycles. The van der Waals surface area contributed by atoms with Gasteiger partial charge in [0.1, 0.15) is 4.47 Å². The number of nitrogens with one attached hydrogen (secondary N) is 1. The molecule has 1 aromatic rings. The summed E-state index contributed by atoms with van der Waals surface area (Å²) in [5, 5.41) is 16.2. The van der Waals surface area contributed by atoms with Crippen molar-refractivity contribution < 1.29 is 5.11 Å². The van der Waals surface area contributed by atoms with Crippen LogP contribution < -0.4 is 16.6 Å². The van der Waals surface area contributed by atoms with Crippen LogP contribution in [0.25, 0.3) is 0 Å². The van der Waals surface area contributed by atoms with E-state index in [1.807, 2.05) is 0 Å². The Bertz CT molecular complexity index is 491. The van der Waals surface area contributed by atoms with E-state index >= 15 is 0 Å². The molecule has 0 amide bonds. The van der Waals surface area contributed by atoms with Gasteiger partial charge in [-0.2, -0.15) is 5.10 Å². The lowest BCUT2D eigenvalue weighted by Gasteiger charge is -2.30. The maximum atomic E-state index is 12.0. The molecule has 1 aliphatic rings. The average molecular weight is 331 g/mol. The molecule has 1 fully saturated rings. The lowest BCUT2D eigenvalue weighted by atomic mass is 9.91. The Hall–Kier alpha value is -0.920. The highest BCUT2D eigenvalue weighted by molar-refractivity contribution is 9.10. The molecule has 0 spiro atoms. The summed E-state index contributed by atoms with van der Waals surface area (Å²) < 4.78 is 1.67. The Kier molecular flexibility index (Phi) is 4.95. The quantitative estimate of drug-likeness (QED) is 0.754. The number of aromatic nitrogens is 2. The van der Waals surface area contributed by atoms with Crippen LogP contribution in [0.3, 0.4) is 0 Å². The van der Waals surface area contributed by atoms with Gasteiger partial charge in [0.15, 0.2) is 0 Å². The standard InChI is InChI=1S/C12H19BrN4O2/c13-11-10(7-15-17(5-6-18)12(11)19)16-9-4-2-1-3-8(9)14/h7-9,16,18H,1-6,14H2/t8-,9-/m1/s1. The molecule has 0 aliphatic heterocycles. The van der Waals surface area contributed by atoms with Crippen LogP contribution in [0, 0.1) is 0 Å². The molecule has 6 nitrogen and oxygen atoms in total. The van der Waals surface area contributed by atoms with E-state index in [1.165, 1.54) is 4.68 Å². The number of rotatable bonds is 4. The number of anilines is 1. The lowest BCUT2D eigenvalue weighted by Crippen LogP contribution is -2.43. The van der Waals surface area contributed by atoms with Gasteiger partial charge in [-0.1, -0.05) is 12.8 Å². The van der Waals surface area contributed by atoms with Gasteiger partial charge >= 0.3 is 0 Å². The molecule has 4 N–H and O–H groups in total. The SMILES string of the molecule is N[C@@H]1CCCC[C@H]1Nc1cnn(CCO)c(=O)c1Br. The molecule has 1 saturated carbocycles. The molecule has 0 bridgehead atoms. The number of aliphatic hydroxyl groups excluding tert-OH is 1. The minimum absolute atomic E-state index is 0.111. The third-order valence-corrected chi connectivity index (χ3v) is 4.22. The van der Waals surface area contributed by atoms with Gasteiger partial charge in [0, 0.05) is 12.1 Å². The second-order valence-electron chi connectivity index (χ2n) is 4.82. The van der Waals surface area contributed by atoms with Crippen molar-refractivity contribution in [1.82, 2.24) is 9.78 Å². The van der Waals surface area contributed by atoms with E-state index < -0.39 is 0 Å². The van der Waals surface area contributed by atoms with Gasteiger partial charge < -0.3 is 16.2 Å². The van der Waals surface area contributed by atoms with Gasteiger partial charge in [-0.25, -0.2) is 4.68 Å². The summed E-state index contributed by atoms with van der Waals surface area (Å²) in [6, 6.07) is 0.292. The van der Waals surface area contributed by atoms with Crippen molar-refractivity contribution in [2.24, 2.45) is 5.73 Å². The molecule has 1 aliphatic carbocycles. The van der Waals surface area contributed by atoms with Crippen LogP contribution in [-0.4, -0.2) is 33.6 Å². The molecule has 2 rings (SSSR count). The van der Waals surface area contributed by atoms with Crippen LogP contribution in [-0.2, 0) is 6.54 Å². The molecular weight excluding hydrogens is 312 g/mol. The van der Waals surface area contributed by atoms with Crippen molar-refractivity contribution in [1.29, 1.82) is 0 Å². The summed E-state index contributed by atoms with van der Waals surface area (Å²) in [5.41, 5.74) is 6.50. The van der Waals surface area contributed by atoms with Crippen molar-refractivity contribution in [3.05, 3.63) is 21.0 Å². The van der Waals surface area contributed by atoms with Gasteiger partial charge in [0.25, 0.3) is 5.56 Å². The molecule has 0 unspecified atom stereocenters. The second-order valence-corrected chi connectivity index (χ2v) is 5.62. The van der Waals surface area contributed by atoms with Gasteiger partial charge in [0.05, 0.1) is 25.0 Å². The summed E-state index contributed by atoms with van der Waals surface area (Å²) >= 11 is 3.29. The highest BCUT2D eigenvalue weighted by atomic mass is 79.9. The fourth-order valence-corrected chi connectivity index (χ4v) is 2.78. The van der Waals surface area contributed by atoms with E-state index in [0.717, 1.165) is 25.7 Å². The Morgan fingerprint density at radius 1 is 1.53 bits per heavy atom. The normalized spacial score (nSPS) is 23.3. The predicted molar refractivity (Wildman–Crippen MR) is 77.1 cm³/mol.